The molecule has 152 valence electrons. The molecule has 0 aliphatic carbocycles. The number of hydrogen-bond donors (Lipinski definition) is 2. The molecule has 1 aromatic carbocycles. The highest BCUT2D eigenvalue weighted by molar-refractivity contribution is 8.13. The minimum absolute atomic E-state index is 0.0728. The number of likely N-dealkylation sites (tertiary alicyclic amines) is 1. The van der Waals surface area contributed by atoms with E-state index in [1.807, 2.05) is 30.3 Å². The summed E-state index contributed by atoms with van der Waals surface area (Å²) in [5.41, 5.74) is 0.969. The van der Waals surface area contributed by atoms with Gasteiger partial charge in [-0.3, -0.25) is 14.4 Å². The van der Waals surface area contributed by atoms with Gasteiger partial charge in [0.05, 0.1) is 5.92 Å². The number of carboxylic acids is 1. The van der Waals surface area contributed by atoms with Gasteiger partial charge in [0, 0.05) is 19.2 Å². The molecule has 28 heavy (non-hydrogen) atoms. The first kappa shape index (κ1) is 21.9. The molecule has 2 N–H and O–H groups in total. The Balaban J connectivity index is 2.03. The number of nitrogens with zero attached hydrogens (tertiary/aromatic N) is 1. The molecule has 7 nitrogen and oxygen atoms in total. The van der Waals surface area contributed by atoms with Crippen LogP contribution in [-0.4, -0.2) is 57.3 Å². The van der Waals surface area contributed by atoms with Crippen molar-refractivity contribution in [2.45, 2.75) is 45.2 Å². The van der Waals surface area contributed by atoms with Crippen LogP contribution in [0.5, 0.6) is 0 Å². The van der Waals surface area contributed by atoms with Crippen LogP contribution in [0.4, 0.5) is 0 Å². The third kappa shape index (κ3) is 6.09. The van der Waals surface area contributed by atoms with Crippen LogP contribution >= 0.6 is 11.8 Å². The molecule has 3 atom stereocenters. The molecule has 1 aromatic rings. The van der Waals surface area contributed by atoms with Crippen molar-refractivity contribution in [3.05, 3.63) is 35.9 Å². The van der Waals surface area contributed by atoms with Gasteiger partial charge < -0.3 is 15.3 Å². The van der Waals surface area contributed by atoms with Gasteiger partial charge in [-0.15, -0.1) is 0 Å². The number of carboxylic acid groups (broad SMARTS) is 1. The molecule has 2 rings (SSSR count). The molecular formula is C20H26N2O5S. The highest BCUT2D eigenvalue weighted by atomic mass is 32.2. The molecule has 0 bridgehead atoms. The van der Waals surface area contributed by atoms with E-state index < -0.39 is 29.9 Å². The number of carbonyl (C=O) groups excluding carboxylic acids is 3. The van der Waals surface area contributed by atoms with E-state index in [4.69, 9.17) is 0 Å². The minimum atomic E-state index is -1.02. The zero-order chi connectivity index (χ0) is 20.7. The van der Waals surface area contributed by atoms with Crippen molar-refractivity contribution < 1.29 is 24.3 Å². The quantitative estimate of drug-likeness (QED) is 0.681. The van der Waals surface area contributed by atoms with Crippen LogP contribution < -0.4 is 5.32 Å². The molecule has 1 aliphatic heterocycles. The van der Waals surface area contributed by atoms with Gasteiger partial charge in [0.2, 0.25) is 11.8 Å². The summed E-state index contributed by atoms with van der Waals surface area (Å²) in [5.74, 6) is -1.89. The second-order valence-electron chi connectivity index (χ2n) is 6.95. The van der Waals surface area contributed by atoms with E-state index >= 15 is 0 Å². The van der Waals surface area contributed by atoms with Crippen LogP contribution in [0.25, 0.3) is 0 Å². The average Bonchev–Trinajstić information content (AvgIpc) is 3.15. The van der Waals surface area contributed by atoms with Crippen LogP contribution in [-0.2, 0) is 25.6 Å². The number of amides is 2. The topological polar surface area (TPSA) is 104 Å². The van der Waals surface area contributed by atoms with Crippen LogP contribution in [0.2, 0.25) is 0 Å². The van der Waals surface area contributed by atoms with Crippen LogP contribution in [0.1, 0.15) is 32.3 Å². The lowest BCUT2D eigenvalue weighted by Crippen LogP contribution is -2.51. The maximum Gasteiger partial charge on any atom is 0.326 e. The lowest BCUT2D eigenvalue weighted by atomic mass is 10.00. The maximum absolute atomic E-state index is 12.8. The standard InChI is InChI=1S/C20H26N2O5S/c1-13(19(25)22-10-6-9-17(22)20(26)27)21-18(24)16(12-28-14(2)23)11-15-7-4-3-5-8-15/h3-5,7-8,13,16-17H,6,9-12H2,1-2H3,(H,21,24)(H,26,27)/t13-,16?,17-/m0/s1. The number of carbonyl (C=O) groups is 4. The van der Waals surface area contributed by atoms with Crippen molar-refractivity contribution in [3.63, 3.8) is 0 Å². The fraction of sp³-hybridized carbons (Fsp3) is 0.500. The lowest BCUT2D eigenvalue weighted by molar-refractivity contribution is -0.149. The molecule has 0 spiro atoms. The van der Waals surface area contributed by atoms with E-state index in [2.05, 4.69) is 5.32 Å². The Hall–Kier alpha value is -2.35. The van der Waals surface area contributed by atoms with E-state index in [0.29, 0.717) is 31.6 Å². The maximum atomic E-state index is 12.8. The van der Waals surface area contributed by atoms with Gasteiger partial charge in [-0.05, 0) is 31.7 Å². The monoisotopic (exact) mass is 406 g/mol. The lowest BCUT2D eigenvalue weighted by Gasteiger charge is -2.26. The first-order valence-corrected chi connectivity index (χ1v) is 10.3. The first-order valence-electron chi connectivity index (χ1n) is 9.30. The summed E-state index contributed by atoms with van der Waals surface area (Å²) in [4.78, 5) is 49.4. The second-order valence-corrected chi connectivity index (χ2v) is 8.14. The van der Waals surface area contributed by atoms with Gasteiger partial charge in [0.15, 0.2) is 5.12 Å². The second kappa shape index (κ2) is 10.3. The Morgan fingerprint density at radius 1 is 1.25 bits per heavy atom. The van der Waals surface area contributed by atoms with Gasteiger partial charge >= 0.3 is 5.97 Å². The van der Waals surface area contributed by atoms with Gasteiger partial charge in [0.25, 0.3) is 0 Å². The van der Waals surface area contributed by atoms with Crippen molar-refractivity contribution in [1.29, 1.82) is 0 Å². The molecule has 1 fully saturated rings. The molecule has 1 heterocycles. The van der Waals surface area contributed by atoms with Gasteiger partial charge in [-0.2, -0.15) is 0 Å². The van der Waals surface area contributed by atoms with E-state index in [9.17, 15) is 24.3 Å². The molecule has 0 saturated carbocycles. The summed E-state index contributed by atoms with van der Waals surface area (Å²) in [5, 5.41) is 11.9. The minimum Gasteiger partial charge on any atom is -0.480 e. The number of nitrogens with one attached hydrogen (secondary N) is 1. The van der Waals surface area contributed by atoms with Crippen molar-refractivity contribution in [2.24, 2.45) is 5.92 Å². The molecule has 0 aromatic heterocycles. The predicted octanol–water partition coefficient (Wildman–Crippen LogP) is 1.71. The number of hydrogen-bond acceptors (Lipinski definition) is 5. The van der Waals surface area contributed by atoms with Crippen molar-refractivity contribution in [2.75, 3.05) is 12.3 Å². The van der Waals surface area contributed by atoms with Crippen LogP contribution in [0.3, 0.4) is 0 Å². The third-order valence-corrected chi connectivity index (χ3v) is 5.71. The summed E-state index contributed by atoms with van der Waals surface area (Å²) in [7, 11) is 0. The van der Waals surface area contributed by atoms with Gasteiger partial charge in [0.1, 0.15) is 12.1 Å². The normalized spacial score (nSPS) is 18.4. The molecular weight excluding hydrogens is 380 g/mol. The fourth-order valence-electron chi connectivity index (χ4n) is 3.27. The third-order valence-electron chi connectivity index (χ3n) is 4.73. The van der Waals surface area contributed by atoms with E-state index in [1.54, 1.807) is 6.92 Å². The first-order chi connectivity index (χ1) is 13.3. The molecule has 1 aliphatic rings. The van der Waals surface area contributed by atoms with Gasteiger partial charge in [-0.1, -0.05) is 42.1 Å². The Kier molecular flexibility index (Phi) is 8.04. The fourth-order valence-corrected chi connectivity index (χ4v) is 3.98. The summed E-state index contributed by atoms with van der Waals surface area (Å²) < 4.78 is 0. The molecule has 2 amide bonds. The van der Waals surface area contributed by atoms with E-state index in [0.717, 1.165) is 17.3 Å². The largest absolute Gasteiger partial charge is 0.480 e. The Bertz CT molecular complexity index is 725. The Labute approximate surface area is 168 Å². The Morgan fingerprint density at radius 3 is 2.54 bits per heavy atom. The average molecular weight is 407 g/mol. The number of thioether (sulfide) groups is 1. The summed E-state index contributed by atoms with van der Waals surface area (Å²) in [6, 6.07) is 7.82. The summed E-state index contributed by atoms with van der Waals surface area (Å²) in [6.45, 7) is 3.40. The molecule has 1 saturated heterocycles. The predicted molar refractivity (Wildman–Crippen MR) is 107 cm³/mol. The summed E-state index contributed by atoms with van der Waals surface area (Å²) >= 11 is 1.08. The highest BCUT2D eigenvalue weighted by Crippen LogP contribution is 2.19. The highest BCUT2D eigenvalue weighted by Gasteiger charge is 2.36. The molecule has 0 radical (unpaired) electrons. The SMILES string of the molecule is CC(=O)SCC(Cc1ccccc1)C(=O)N[C@@H](C)C(=O)N1CCC[C@H]1C(=O)O. The summed E-state index contributed by atoms with van der Waals surface area (Å²) in [6.07, 6.45) is 1.51. The van der Waals surface area contributed by atoms with Gasteiger partial charge in [-0.25, -0.2) is 4.79 Å². The van der Waals surface area contributed by atoms with Crippen molar-refractivity contribution in [1.82, 2.24) is 10.2 Å². The van der Waals surface area contributed by atoms with Crippen LogP contribution in [0, 0.1) is 5.92 Å². The number of benzene rings is 1. The zero-order valence-electron chi connectivity index (χ0n) is 16.1. The number of aliphatic carboxylic acids is 1. The van der Waals surface area contributed by atoms with E-state index in [-0.39, 0.29) is 11.0 Å². The smallest absolute Gasteiger partial charge is 0.326 e. The Morgan fingerprint density at radius 2 is 1.93 bits per heavy atom. The van der Waals surface area contributed by atoms with Crippen molar-refractivity contribution >= 4 is 34.7 Å². The molecule has 1 unspecified atom stereocenters. The molecule has 8 heteroatoms. The van der Waals surface area contributed by atoms with Crippen LogP contribution in [0.15, 0.2) is 30.3 Å². The zero-order valence-corrected chi connectivity index (χ0v) is 16.9. The number of rotatable bonds is 8. The van der Waals surface area contributed by atoms with Crippen molar-refractivity contribution in [3.8, 4) is 0 Å². The van der Waals surface area contributed by atoms with E-state index in [1.165, 1.54) is 11.8 Å².